The number of nitrogens with zero attached hydrogens (tertiary/aromatic N) is 4. The fraction of sp³-hybridized carbons (Fsp3) is 0.208. The summed E-state index contributed by atoms with van der Waals surface area (Å²) in [5.74, 6) is 0. The largest absolute Gasteiger partial charge is 0.465 e. The predicted molar refractivity (Wildman–Crippen MR) is 119 cm³/mol. The van der Waals surface area contributed by atoms with Crippen LogP contribution in [-0.2, 0) is 6.18 Å². The van der Waals surface area contributed by atoms with Crippen LogP contribution in [0, 0.1) is 0 Å². The fourth-order valence-corrected chi connectivity index (χ4v) is 4.53. The Morgan fingerprint density at radius 3 is 2.44 bits per heavy atom. The Morgan fingerprint density at radius 2 is 1.76 bits per heavy atom. The molecule has 2 aromatic heterocycles. The zero-order chi connectivity index (χ0) is 24.0. The van der Waals surface area contributed by atoms with Gasteiger partial charge >= 0.3 is 18.0 Å². The molecule has 34 heavy (non-hydrogen) atoms. The van der Waals surface area contributed by atoms with E-state index in [1.165, 1.54) is 26.2 Å². The summed E-state index contributed by atoms with van der Waals surface area (Å²) >= 11 is 0. The Balaban J connectivity index is 1.59. The summed E-state index contributed by atoms with van der Waals surface area (Å²) in [6.45, 7) is 0.497. The van der Waals surface area contributed by atoms with E-state index in [9.17, 15) is 27.9 Å². The number of alkyl halides is 3. The van der Waals surface area contributed by atoms with E-state index in [1.54, 1.807) is 48.7 Å². The quantitative estimate of drug-likeness (QED) is 0.469. The average molecular weight is 468 g/mol. The first-order valence-corrected chi connectivity index (χ1v) is 10.6. The molecule has 1 amide bonds. The first-order valence-electron chi connectivity index (χ1n) is 10.6. The van der Waals surface area contributed by atoms with Gasteiger partial charge in [-0.05, 0) is 47.9 Å². The smallest absolute Gasteiger partial charge is 0.417 e. The average Bonchev–Trinajstić information content (AvgIpc) is 3.41. The Hall–Kier alpha value is -4.08. The van der Waals surface area contributed by atoms with Crippen molar-refractivity contribution in [3.63, 3.8) is 0 Å². The van der Waals surface area contributed by atoms with Crippen molar-refractivity contribution >= 4 is 17.3 Å². The molecule has 3 heterocycles. The van der Waals surface area contributed by atoms with Crippen LogP contribution in [0.4, 0.5) is 18.0 Å². The lowest BCUT2D eigenvalue weighted by Crippen LogP contribution is -2.31. The van der Waals surface area contributed by atoms with Crippen molar-refractivity contribution in [2.24, 2.45) is 0 Å². The summed E-state index contributed by atoms with van der Waals surface area (Å²) in [4.78, 5) is 30.4. The maximum Gasteiger partial charge on any atom is 0.417 e. The standard InChI is InChI=1S/C24H19F3N4O3/c25-24(26,27)19-5-2-1-4-18(19)15-7-9-16(10-8-15)30-20-6-3-12-28-21(20)31(22(30)32)17-11-13-29(14-17)23(33)34/h1-10,12,17H,11,13-14H2,(H,33,34)/t17-/m0/s1. The van der Waals surface area contributed by atoms with Crippen LogP contribution in [0.2, 0.25) is 0 Å². The molecule has 1 aliphatic heterocycles. The van der Waals surface area contributed by atoms with Gasteiger partial charge in [0.05, 0.1) is 22.8 Å². The molecule has 1 aliphatic rings. The molecule has 0 unspecified atom stereocenters. The second kappa shape index (κ2) is 8.05. The number of fused-ring (bicyclic) bond motifs is 1. The molecular weight excluding hydrogens is 449 g/mol. The van der Waals surface area contributed by atoms with Crippen LogP contribution in [0.3, 0.4) is 0 Å². The van der Waals surface area contributed by atoms with Crippen LogP contribution in [0.15, 0.2) is 71.7 Å². The van der Waals surface area contributed by atoms with Gasteiger partial charge in [-0.15, -0.1) is 0 Å². The van der Waals surface area contributed by atoms with E-state index in [-0.39, 0.29) is 23.8 Å². The number of aromatic nitrogens is 3. The molecule has 0 aliphatic carbocycles. The zero-order valence-corrected chi connectivity index (χ0v) is 17.7. The summed E-state index contributed by atoms with van der Waals surface area (Å²) in [7, 11) is 0. The topological polar surface area (TPSA) is 80.4 Å². The fourth-order valence-electron chi connectivity index (χ4n) is 4.53. The van der Waals surface area contributed by atoms with Gasteiger partial charge in [0.25, 0.3) is 0 Å². The highest BCUT2D eigenvalue weighted by Crippen LogP contribution is 2.37. The van der Waals surface area contributed by atoms with E-state index < -0.39 is 17.8 Å². The van der Waals surface area contributed by atoms with E-state index in [1.807, 2.05) is 0 Å². The minimum absolute atomic E-state index is 0.0534. The number of rotatable bonds is 3. The van der Waals surface area contributed by atoms with E-state index in [4.69, 9.17) is 0 Å². The second-order valence-electron chi connectivity index (χ2n) is 8.10. The molecular formula is C24H19F3N4O3. The first-order chi connectivity index (χ1) is 16.3. The summed E-state index contributed by atoms with van der Waals surface area (Å²) in [6.07, 6.45) is -3.49. The van der Waals surface area contributed by atoms with Crippen molar-refractivity contribution in [1.82, 2.24) is 19.0 Å². The number of likely N-dealkylation sites (tertiary alicyclic amines) is 1. The summed E-state index contributed by atoms with van der Waals surface area (Å²) in [5, 5.41) is 9.28. The molecule has 10 heteroatoms. The number of halogens is 3. The van der Waals surface area contributed by atoms with E-state index in [0.29, 0.717) is 35.4 Å². The summed E-state index contributed by atoms with van der Waals surface area (Å²) in [6, 6.07) is 14.7. The molecule has 4 aromatic rings. The highest BCUT2D eigenvalue weighted by atomic mass is 19.4. The van der Waals surface area contributed by atoms with Gasteiger partial charge in [0.15, 0.2) is 5.65 Å². The predicted octanol–water partition coefficient (Wildman–Crippen LogP) is 4.80. The number of carboxylic acid groups (broad SMARTS) is 1. The molecule has 7 nitrogen and oxygen atoms in total. The number of benzene rings is 2. The molecule has 5 rings (SSSR count). The van der Waals surface area contributed by atoms with Gasteiger partial charge in [0.1, 0.15) is 0 Å². The zero-order valence-electron chi connectivity index (χ0n) is 17.7. The number of imidazole rings is 1. The molecule has 174 valence electrons. The third-order valence-corrected chi connectivity index (χ3v) is 6.10. The van der Waals surface area contributed by atoms with Gasteiger partial charge in [0, 0.05) is 19.3 Å². The normalized spacial score (nSPS) is 16.3. The molecule has 0 saturated carbocycles. The van der Waals surface area contributed by atoms with Gasteiger partial charge < -0.3 is 10.0 Å². The van der Waals surface area contributed by atoms with Crippen LogP contribution >= 0.6 is 0 Å². The van der Waals surface area contributed by atoms with Gasteiger partial charge in [0.2, 0.25) is 0 Å². The number of carbonyl (C=O) groups is 1. The molecule has 2 aromatic carbocycles. The van der Waals surface area contributed by atoms with E-state index >= 15 is 0 Å². The van der Waals surface area contributed by atoms with Crippen LogP contribution in [-0.4, -0.2) is 43.3 Å². The van der Waals surface area contributed by atoms with Crippen LogP contribution in [0.5, 0.6) is 0 Å². The Kier molecular flexibility index (Phi) is 5.15. The molecule has 1 atom stereocenters. The lowest BCUT2D eigenvalue weighted by Gasteiger charge is -2.13. The van der Waals surface area contributed by atoms with Crippen molar-refractivity contribution in [3.05, 3.63) is 82.9 Å². The lowest BCUT2D eigenvalue weighted by molar-refractivity contribution is -0.137. The third kappa shape index (κ3) is 3.60. The van der Waals surface area contributed by atoms with Crippen molar-refractivity contribution in [1.29, 1.82) is 0 Å². The molecule has 1 fully saturated rings. The van der Waals surface area contributed by atoms with E-state index in [2.05, 4.69) is 4.98 Å². The van der Waals surface area contributed by atoms with E-state index in [0.717, 1.165) is 6.07 Å². The third-order valence-electron chi connectivity index (χ3n) is 6.10. The van der Waals surface area contributed by atoms with Gasteiger partial charge in [-0.3, -0.25) is 9.13 Å². The minimum atomic E-state index is -4.49. The molecule has 0 bridgehead atoms. The Morgan fingerprint density at radius 1 is 1.03 bits per heavy atom. The molecule has 1 saturated heterocycles. The number of hydrogen-bond donors (Lipinski definition) is 1. The number of hydrogen-bond acceptors (Lipinski definition) is 3. The maximum atomic E-state index is 13.5. The Labute approximate surface area is 191 Å². The highest BCUT2D eigenvalue weighted by Gasteiger charge is 2.33. The van der Waals surface area contributed by atoms with Crippen molar-refractivity contribution < 1.29 is 23.1 Å². The summed E-state index contributed by atoms with van der Waals surface area (Å²) in [5.41, 5.74) is 0.750. The van der Waals surface area contributed by atoms with Crippen molar-refractivity contribution in [3.8, 4) is 16.8 Å². The molecule has 0 radical (unpaired) electrons. The number of amides is 1. The van der Waals surface area contributed by atoms with Gasteiger partial charge in [-0.25, -0.2) is 14.6 Å². The second-order valence-corrected chi connectivity index (χ2v) is 8.10. The van der Waals surface area contributed by atoms with Crippen molar-refractivity contribution in [2.45, 2.75) is 18.6 Å². The van der Waals surface area contributed by atoms with Gasteiger partial charge in [-0.1, -0.05) is 30.3 Å². The molecule has 0 spiro atoms. The minimum Gasteiger partial charge on any atom is -0.465 e. The van der Waals surface area contributed by atoms with Crippen LogP contribution < -0.4 is 5.69 Å². The van der Waals surface area contributed by atoms with Gasteiger partial charge in [-0.2, -0.15) is 13.2 Å². The highest BCUT2D eigenvalue weighted by molar-refractivity contribution is 5.75. The first kappa shape index (κ1) is 21.7. The number of pyridine rings is 1. The Bertz CT molecular complexity index is 1440. The molecule has 1 N–H and O–H groups in total. The lowest BCUT2D eigenvalue weighted by atomic mass is 9.99. The van der Waals surface area contributed by atoms with Crippen molar-refractivity contribution in [2.75, 3.05) is 13.1 Å². The van der Waals surface area contributed by atoms with Crippen LogP contribution in [0.1, 0.15) is 18.0 Å². The van der Waals surface area contributed by atoms with Crippen LogP contribution in [0.25, 0.3) is 28.0 Å². The maximum absolute atomic E-state index is 13.5. The monoisotopic (exact) mass is 468 g/mol. The summed E-state index contributed by atoms with van der Waals surface area (Å²) < 4.78 is 43.3. The SMILES string of the molecule is O=C(O)N1CC[C@H](n2c(=O)n(-c3ccc(-c4ccccc4C(F)(F)F)cc3)c3cccnc32)C1.